The molecule has 42 heavy (non-hydrogen) atoms. The second-order valence-electron chi connectivity index (χ2n) is 13.2. The van der Waals surface area contributed by atoms with Crippen LogP contribution in [0.4, 0.5) is 4.79 Å². The van der Waals surface area contributed by atoms with Crippen molar-refractivity contribution < 1.29 is 19.1 Å². The van der Waals surface area contributed by atoms with Crippen LogP contribution in [0.1, 0.15) is 82.9 Å². The highest BCUT2D eigenvalue weighted by Crippen LogP contribution is 2.55. The Morgan fingerprint density at radius 2 is 1.76 bits per heavy atom. The number of hydrogen-bond acceptors (Lipinski definition) is 6. The Morgan fingerprint density at radius 3 is 2.31 bits per heavy atom. The van der Waals surface area contributed by atoms with Gasteiger partial charge in [-0.1, -0.05) is 45.2 Å². The highest BCUT2D eigenvalue weighted by molar-refractivity contribution is 6.31. The normalized spacial score (nSPS) is 21.2. The third-order valence-electron chi connectivity index (χ3n) is 8.01. The van der Waals surface area contributed by atoms with Crippen molar-refractivity contribution in [3.63, 3.8) is 0 Å². The molecular weight excluding hydrogens is 552 g/mol. The van der Waals surface area contributed by atoms with Crippen LogP contribution in [0.2, 0.25) is 5.02 Å². The minimum atomic E-state index is -0.508. The van der Waals surface area contributed by atoms with E-state index in [0.717, 1.165) is 12.8 Å². The highest BCUT2D eigenvalue weighted by atomic mass is 35.5. The number of benzene rings is 1. The monoisotopic (exact) mass is 590 g/mol. The number of pyridine rings is 1. The summed E-state index contributed by atoms with van der Waals surface area (Å²) in [6.45, 7) is 15.1. The zero-order valence-corrected chi connectivity index (χ0v) is 26.1. The number of carbonyl (C=O) groups excluding carboxylic acids is 2. The number of likely N-dealkylation sites (tertiary alicyclic amines) is 1. The van der Waals surface area contributed by atoms with Gasteiger partial charge in [0, 0.05) is 48.1 Å². The highest BCUT2D eigenvalue weighted by Gasteiger charge is 2.64. The Hall–Kier alpha value is -3.75. The Balaban J connectivity index is 1.32. The van der Waals surface area contributed by atoms with Crippen LogP contribution in [0.5, 0.6) is 5.75 Å². The number of carbonyl (C=O) groups is 2. The molecular formula is C33H39ClN4O4. The minimum Gasteiger partial charge on any atom is -0.489 e. The number of aromatic nitrogens is 1. The molecule has 1 aromatic heterocycles. The summed E-state index contributed by atoms with van der Waals surface area (Å²) in [7, 11) is 0. The first-order chi connectivity index (χ1) is 19.6. The second-order valence-corrected chi connectivity index (χ2v) is 13.7. The molecule has 0 spiro atoms. The van der Waals surface area contributed by atoms with Gasteiger partial charge in [-0.05, 0) is 63.8 Å². The van der Waals surface area contributed by atoms with Crippen molar-refractivity contribution in [2.24, 2.45) is 16.7 Å². The third kappa shape index (κ3) is 6.82. The first-order valence-corrected chi connectivity index (χ1v) is 14.6. The van der Waals surface area contributed by atoms with E-state index < -0.39 is 5.60 Å². The average Bonchev–Trinajstić information content (AvgIpc) is 2.92. The minimum absolute atomic E-state index is 0.151. The first kappa shape index (κ1) is 31.2. The third-order valence-corrected chi connectivity index (χ3v) is 8.32. The molecule has 4 rings (SSSR count). The summed E-state index contributed by atoms with van der Waals surface area (Å²) in [6, 6.07) is 10.4. The van der Waals surface area contributed by atoms with Crippen LogP contribution < -0.4 is 10.1 Å². The number of halogens is 1. The fourth-order valence-electron chi connectivity index (χ4n) is 6.12. The maximum absolute atomic E-state index is 13.2. The molecule has 1 aromatic carbocycles. The summed E-state index contributed by atoms with van der Waals surface area (Å²) < 4.78 is 11.8. The van der Waals surface area contributed by atoms with E-state index in [1.54, 1.807) is 41.4 Å². The molecule has 1 saturated carbocycles. The number of ether oxygens (including phenoxy) is 2. The van der Waals surface area contributed by atoms with Gasteiger partial charge in [0.1, 0.15) is 29.2 Å². The molecule has 1 saturated heterocycles. The van der Waals surface area contributed by atoms with E-state index in [4.69, 9.17) is 26.3 Å². The van der Waals surface area contributed by atoms with Crippen LogP contribution in [0.25, 0.3) is 0 Å². The van der Waals surface area contributed by atoms with Crippen molar-refractivity contribution in [1.82, 2.24) is 15.2 Å². The summed E-state index contributed by atoms with van der Waals surface area (Å²) in [4.78, 5) is 31.6. The number of nitriles is 1. The van der Waals surface area contributed by atoms with Crippen LogP contribution in [-0.4, -0.2) is 52.7 Å². The second kappa shape index (κ2) is 11.9. The zero-order chi connectivity index (χ0) is 30.9. The van der Waals surface area contributed by atoms with Crippen LogP contribution in [0.15, 0.2) is 36.5 Å². The Bertz CT molecular complexity index is 1420. The summed E-state index contributed by atoms with van der Waals surface area (Å²) in [5.41, 5.74) is 0.217. The number of rotatable bonds is 4. The van der Waals surface area contributed by atoms with E-state index in [9.17, 15) is 9.59 Å². The molecule has 0 unspecified atom stereocenters. The van der Waals surface area contributed by atoms with E-state index in [1.807, 2.05) is 20.8 Å². The Labute approximate surface area is 253 Å². The summed E-state index contributed by atoms with van der Waals surface area (Å²) in [6.07, 6.45) is 2.64. The van der Waals surface area contributed by atoms with Gasteiger partial charge in [-0.25, -0.2) is 9.78 Å². The van der Waals surface area contributed by atoms with E-state index in [0.29, 0.717) is 40.7 Å². The van der Waals surface area contributed by atoms with Gasteiger partial charge in [-0.2, -0.15) is 5.26 Å². The fourth-order valence-corrected chi connectivity index (χ4v) is 6.33. The van der Waals surface area contributed by atoms with Crippen molar-refractivity contribution in [2.45, 2.75) is 79.1 Å². The van der Waals surface area contributed by atoms with Gasteiger partial charge < -0.3 is 19.7 Å². The van der Waals surface area contributed by atoms with Gasteiger partial charge in [0.15, 0.2) is 0 Å². The quantitative estimate of drug-likeness (QED) is 0.424. The molecule has 0 radical (unpaired) electrons. The predicted molar refractivity (Wildman–Crippen MR) is 161 cm³/mol. The van der Waals surface area contributed by atoms with Crippen LogP contribution in [0, 0.1) is 39.9 Å². The van der Waals surface area contributed by atoms with Crippen LogP contribution in [0.3, 0.4) is 0 Å². The lowest BCUT2D eigenvalue weighted by Crippen LogP contribution is -2.74. The van der Waals surface area contributed by atoms with E-state index >= 15 is 0 Å². The lowest BCUT2D eigenvalue weighted by atomic mass is 9.49. The molecule has 2 aliphatic rings. The number of nitrogens with one attached hydrogen (secondary N) is 1. The van der Waals surface area contributed by atoms with Crippen molar-refractivity contribution in [3.8, 4) is 23.7 Å². The van der Waals surface area contributed by atoms with E-state index in [2.05, 4.69) is 55.9 Å². The van der Waals surface area contributed by atoms with Crippen LogP contribution >= 0.6 is 11.6 Å². The molecule has 0 atom stereocenters. The number of nitrogens with zero attached hydrogens (tertiary/aromatic N) is 3. The zero-order valence-electron chi connectivity index (χ0n) is 25.4. The maximum atomic E-state index is 13.2. The van der Waals surface area contributed by atoms with Gasteiger partial charge in [-0.3, -0.25) is 4.79 Å². The topological polar surface area (TPSA) is 105 Å². The van der Waals surface area contributed by atoms with Crippen molar-refractivity contribution >= 4 is 23.6 Å². The molecule has 222 valence electrons. The largest absolute Gasteiger partial charge is 0.489 e. The predicted octanol–water partition coefficient (Wildman–Crippen LogP) is 6.22. The Morgan fingerprint density at radius 1 is 1.10 bits per heavy atom. The maximum Gasteiger partial charge on any atom is 0.410 e. The molecule has 1 N–H and O–H groups in total. The lowest BCUT2D eigenvalue weighted by Gasteiger charge is -2.63. The molecule has 2 heterocycles. The summed E-state index contributed by atoms with van der Waals surface area (Å²) >= 11 is 6.19. The van der Waals surface area contributed by atoms with E-state index in [-0.39, 0.29) is 40.9 Å². The first-order valence-electron chi connectivity index (χ1n) is 14.2. The molecule has 2 aromatic rings. The molecule has 2 amide bonds. The summed E-state index contributed by atoms with van der Waals surface area (Å²) in [5, 5.41) is 12.7. The molecule has 1 aliphatic heterocycles. The molecule has 0 bridgehead atoms. The smallest absolute Gasteiger partial charge is 0.410 e. The fraction of sp³-hybridized carbons (Fsp3) is 0.515. The van der Waals surface area contributed by atoms with Gasteiger partial charge in [-0.15, -0.1) is 0 Å². The molecule has 9 heteroatoms. The van der Waals surface area contributed by atoms with E-state index in [1.165, 1.54) is 0 Å². The van der Waals surface area contributed by atoms with Crippen molar-refractivity contribution in [1.29, 1.82) is 5.26 Å². The SMILES string of the molecule is CC(C)(C)OC(=O)N1CCC(C#Cc2ccc(C(=O)N[C@H]3C(C)(C)[C@H](Oc4ccc(C#N)c(Cl)c4)C3(C)C)cn2)CC1. The van der Waals surface area contributed by atoms with Gasteiger partial charge in [0.05, 0.1) is 16.1 Å². The van der Waals surface area contributed by atoms with Gasteiger partial charge >= 0.3 is 6.09 Å². The van der Waals surface area contributed by atoms with Crippen LogP contribution in [-0.2, 0) is 4.74 Å². The number of hydrogen-bond donors (Lipinski definition) is 1. The van der Waals surface area contributed by atoms with Crippen molar-refractivity contribution in [3.05, 3.63) is 58.4 Å². The van der Waals surface area contributed by atoms with Crippen molar-refractivity contribution in [2.75, 3.05) is 13.1 Å². The average molecular weight is 591 g/mol. The molecule has 2 fully saturated rings. The number of amides is 2. The van der Waals surface area contributed by atoms with Gasteiger partial charge in [0.25, 0.3) is 5.91 Å². The Kier molecular flexibility index (Phi) is 8.81. The number of piperidine rings is 1. The standard InChI is InChI=1S/C33H39ClN4O4/c1-31(2,3)42-30(40)38-16-14-21(15-17-38)8-11-24-12-9-23(20-36-24)27(39)37-28-32(4,5)29(33(28,6)7)41-25-13-10-22(19-35)26(34)18-25/h9-10,12-13,18,20-21,28-29H,14-17H2,1-7H3,(H,37,39)/t28-,29-. The lowest BCUT2D eigenvalue weighted by molar-refractivity contribution is -0.164. The summed E-state index contributed by atoms with van der Waals surface area (Å²) in [5.74, 6) is 6.95. The molecule has 1 aliphatic carbocycles. The van der Waals surface area contributed by atoms with Gasteiger partial charge in [0.2, 0.25) is 0 Å². The molecule has 8 nitrogen and oxygen atoms in total.